The van der Waals surface area contributed by atoms with E-state index in [2.05, 4.69) is 17.3 Å². The van der Waals surface area contributed by atoms with Crippen molar-refractivity contribution >= 4 is 7.14 Å². The van der Waals surface area contributed by atoms with Gasteiger partial charge in [-0.2, -0.15) is 5.10 Å². The van der Waals surface area contributed by atoms with Crippen LogP contribution in [0.1, 0.15) is 29.8 Å². The van der Waals surface area contributed by atoms with Crippen LogP contribution in [0.5, 0.6) is 0 Å². The van der Waals surface area contributed by atoms with Crippen molar-refractivity contribution in [2.24, 2.45) is 7.05 Å². The molecule has 0 saturated carbocycles. The van der Waals surface area contributed by atoms with Crippen molar-refractivity contribution < 1.29 is 8.96 Å². The first-order chi connectivity index (χ1) is 10.7. The fourth-order valence-electron chi connectivity index (χ4n) is 3.37. The minimum Gasteiger partial charge on any atom is -0.324 e. The summed E-state index contributed by atoms with van der Waals surface area (Å²) in [6.45, 7) is 6.46. The van der Waals surface area contributed by atoms with E-state index in [1.807, 2.05) is 17.8 Å². The Morgan fingerprint density at radius 2 is 2.13 bits per heavy atom. The number of nitrogens with zero attached hydrogens (tertiary/aromatic N) is 2. The van der Waals surface area contributed by atoms with E-state index in [-0.39, 0.29) is 11.9 Å². The maximum atomic E-state index is 14.1. The predicted molar refractivity (Wildman–Crippen MR) is 91.9 cm³/mol. The van der Waals surface area contributed by atoms with Crippen LogP contribution in [0.2, 0.25) is 0 Å². The van der Waals surface area contributed by atoms with Crippen LogP contribution in [0.4, 0.5) is 4.39 Å². The molecule has 2 heterocycles. The zero-order valence-electron chi connectivity index (χ0n) is 14.1. The summed E-state index contributed by atoms with van der Waals surface area (Å²) >= 11 is 0. The maximum Gasteiger partial charge on any atom is 0.124 e. The van der Waals surface area contributed by atoms with Gasteiger partial charge in [0.1, 0.15) is 5.82 Å². The molecule has 0 saturated heterocycles. The van der Waals surface area contributed by atoms with Crippen LogP contribution in [0, 0.1) is 5.82 Å². The van der Waals surface area contributed by atoms with Crippen LogP contribution in [0.15, 0.2) is 18.2 Å². The number of hydrogen-bond acceptors (Lipinski definition) is 3. The van der Waals surface area contributed by atoms with E-state index < -0.39 is 7.14 Å². The average molecular weight is 335 g/mol. The number of hydrogen-bond donors (Lipinski definition) is 1. The van der Waals surface area contributed by atoms with Crippen molar-refractivity contribution in [2.75, 3.05) is 19.9 Å². The molecule has 4 nitrogen and oxygen atoms in total. The van der Waals surface area contributed by atoms with Crippen LogP contribution in [-0.2, 0) is 24.2 Å². The van der Waals surface area contributed by atoms with Gasteiger partial charge in [-0.1, -0.05) is 0 Å². The molecular weight excluding hydrogens is 312 g/mol. The lowest BCUT2D eigenvalue weighted by atomic mass is 9.96. The van der Waals surface area contributed by atoms with Crippen molar-refractivity contribution in [1.29, 1.82) is 0 Å². The second kappa shape index (κ2) is 5.88. The quantitative estimate of drug-likeness (QED) is 0.873. The van der Waals surface area contributed by atoms with Crippen LogP contribution in [-0.4, -0.2) is 29.7 Å². The van der Waals surface area contributed by atoms with Crippen molar-refractivity contribution in [1.82, 2.24) is 15.1 Å². The third-order valence-electron chi connectivity index (χ3n) is 4.21. The summed E-state index contributed by atoms with van der Waals surface area (Å²) in [4.78, 5) is 0. The molecule has 3 rings (SSSR count). The van der Waals surface area contributed by atoms with Gasteiger partial charge in [0.2, 0.25) is 0 Å². The van der Waals surface area contributed by atoms with E-state index in [4.69, 9.17) is 0 Å². The Balaban J connectivity index is 2.11. The average Bonchev–Trinajstić information content (AvgIpc) is 2.73. The van der Waals surface area contributed by atoms with Gasteiger partial charge in [0.05, 0.1) is 18.5 Å². The summed E-state index contributed by atoms with van der Waals surface area (Å²) in [5.41, 5.74) is 4.79. The van der Waals surface area contributed by atoms with Gasteiger partial charge in [-0.3, -0.25) is 4.68 Å². The molecule has 0 amide bonds. The second-order valence-electron chi connectivity index (χ2n) is 6.84. The van der Waals surface area contributed by atoms with E-state index in [9.17, 15) is 8.96 Å². The van der Waals surface area contributed by atoms with Gasteiger partial charge < -0.3 is 9.88 Å². The van der Waals surface area contributed by atoms with Gasteiger partial charge in [0, 0.05) is 30.4 Å². The molecule has 23 heavy (non-hydrogen) atoms. The molecule has 6 heteroatoms. The summed E-state index contributed by atoms with van der Waals surface area (Å²) in [7, 11) is -0.350. The Labute approximate surface area is 136 Å². The van der Waals surface area contributed by atoms with Gasteiger partial charge in [0.15, 0.2) is 0 Å². The fourth-order valence-corrected chi connectivity index (χ4v) is 4.43. The lowest BCUT2D eigenvalue weighted by Gasteiger charge is -2.19. The minimum absolute atomic E-state index is 0.207. The van der Waals surface area contributed by atoms with Crippen LogP contribution >= 0.6 is 7.14 Å². The van der Waals surface area contributed by atoms with Gasteiger partial charge in [-0.15, -0.1) is 0 Å². The lowest BCUT2D eigenvalue weighted by Crippen LogP contribution is -2.27. The summed E-state index contributed by atoms with van der Waals surface area (Å²) in [6.07, 6.45) is 1.30. The molecule has 1 N–H and O–H groups in total. The highest BCUT2D eigenvalue weighted by atomic mass is 31.2. The first-order valence-corrected chi connectivity index (χ1v) is 10.7. The Morgan fingerprint density at radius 1 is 1.39 bits per heavy atom. The Morgan fingerprint density at radius 3 is 2.83 bits per heavy atom. The molecule has 1 aliphatic rings. The number of benzene rings is 1. The minimum atomic E-state index is -2.25. The van der Waals surface area contributed by atoms with E-state index >= 15 is 0 Å². The second-order valence-corrected chi connectivity index (χ2v) is 10.3. The third kappa shape index (κ3) is 3.41. The van der Waals surface area contributed by atoms with Gasteiger partial charge in [0.25, 0.3) is 0 Å². The largest absolute Gasteiger partial charge is 0.324 e. The van der Waals surface area contributed by atoms with Crippen LogP contribution < -0.4 is 5.32 Å². The summed E-state index contributed by atoms with van der Waals surface area (Å²) < 4.78 is 28.0. The highest BCUT2D eigenvalue weighted by molar-refractivity contribution is 7.61. The molecule has 0 fully saturated rings. The number of nitrogens with one attached hydrogen (secondary N) is 1. The van der Waals surface area contributed by atoms with Crippen molar-refractivity contribution in [3.8, 4) is 11.3 Å². The zero-order chi connectivity index (χ0) is 16.8. The zero-order valence-corrected chi connectivity index (χ0v) is 15.0. The van der Waals surface area contributed by atoms with E-state index in [1.165, 1.54) is 11.6 Å². The monoisotopic (exact) mass is 335 g/mol. The highest BCUT2D eigenvalue weighted by Gasteiger charge is 2.25. The van der Waals surface area contributed by atoms with E-state index in [0.717, 1.165) is 35.5 Å². The molecular formula is C17H23FN3OP. The van der Waals surface area contributed by atoms with Crippen molar-refractivity contribution in [3.63, 3.8) is 0 Å². The van der Waals surface area contributed by atoms with E-state index in [1.54, 1.807) is 19.4 Å². The summed E-state index contributed by atoms with van der Waals surface area (Å²) in [5.74, 6) is -0.289. The molecule has 1 aromatic heterocycles. The van der Waals surface area contributed by atoms with Crippen LogP contribution in [0.3, 0.4) is 0 Å². The summed E-state index contributed by atoms with van der Waals surface area (Å²) in [5, 5.41) is 8.02. The number of rotatable bonds is 3. The first kappa shape index (κ1) is 16.4. The van der Waals surface area contributed by atoms with Crippen molar-refractivity contribution in [2.45, 2.75) is 25.5 Å². The van der Waals surface area contributed by atoms with Gasteiger partial charge in [-0.25, -0.2) is 4.39 Å². The molecule has 0 radical (unpaired) electrons. The molecule has 0 bridgehead atoms. The molecule has 1 aromatic carbocycles. The molecule has 124 valence electrons. The summed E-state index contributed by atoms with van der Waals surface area (Å²) in [6, 6.07) is 5.19. The predicted octanol–water partition coefficient (Wildman–Crippen LogP) is 3.56. The standard InChI is InChI=1S/C17H23FN3OP/c1-11-16-15(5-6-19-11)17(21(2)20-16)13-7-12(8-14(18)9-13)10-23(3,4)22/h7-9,11,19H,5-6,10H2,1-4H3. The topological polar surface area (TPSA) is 46.9 Å². The normalized spacial score (nSPS) is 18.0. The Hall–Kier alpha value is -1.45. The lowest BCUT2D eigenvalue weighted by molar-refractivity contribution is 0.525. The van der Waals surface area contributed by atoms with Gasteiger partial charge >= 0.3 is 0 Å². The number of fused-ring (bicyclic) bond motifs is 1. The molecule has 1 atom stereocenters. The van der Waals surface area contributed by atoms with E-state index in [0.29, 0.717) is 6.16 Å². The molecule has 2 aromatic rings. The number of aryl methyl sites for hydroxylation is 1. The maximum absolute atomic E-state index is 14.1. The van der Waals surface area contributed by atoms with Crippen molar-refractivity contribution in [3.05, 3.63) is 40.8 Å². The Kier molecular flexibility index (Phi) is 4.19. The Bertz CT molecular complexity index is 793. The SMILES string of the molecule is CC1NCCc2c1nn(C)c2-c1cc(F)cc(CP(C)(C)=O)c1. The smallest absolute Gasteiger partial charge is 0.124 e. The number of halogens is 1. The fraction of sp³-hybridized carbons (Fsp3) is 0.471. The molecule has 1 aliphatic heterocycles. The van der Waals surface area contributed by atoms with Gasteiger partial charge in [-0.05, 0) is 57.0 Å². The number of aromatic nitrogens is 2. The highest BCUT2D eigenvalue weighted by Crippen LogP contribution is 2.41. The molecule has 1 unspecified atom stereocenters. The molecule has 0 spiro atoms. The van der Waals surface area contributed by atoms with Crippen LogP contribution in [0.25, 0.3) is 11.3 Å². The first-order valence-electron chi connectivity index (χ1n) is 7.87. The molecule has 0 aliphatic carbocycles. The third-order valence-corrected chi connectivity index (χ3v) is 5.33.